The molecule has 3 aromatic rings. The highest BCUT2D eigenvalue weighted by Crippen LogP contribution is 2.37. The smallest absolute Gasteiger partial charge is 0.328 e. The van der Waals surface area contributed by atoms with Crippen molar-refractivity contribution >= 4 is 34.5 Å². The number of benzene rings is 1. The SMILES string of the molecule is CC1CCN(C(=O)Cn2c(=O)c3c(ncn3C)n(C)c2=O)c2ccccc2S1. The molecule has 28 heavy (non-hydrogen) atoms. The lowest BCUT2D eigenvalue weighted by atomic mass is 10.2. The topological polar surface area (TPSA) is 82.1 Å². The van der Waals surface area contributed by atoms with E-state index >= 15 is 0 Å². The van der Waals surface area contributed by atoms with E-state index in [0.717, 1.165) is 21.6 Å². The van der Waals surface area contributed by atoms with E-state index in [4.69, 9.17) is 0 Å². The van der Waals surface area contributed by atoms with E-state index in [2.05, 4.69) is 11.9 Å². The fourth-order valence-electron chi connectivity index (χ4n) is 3.50. The summed E-state index contributed by atoms with van der Waals surface area (Å²) >= 11 is 1.73. The average Bonchev–Trinajstić information content (AvgIpc) is 2.97. The van der Waals surface area contributed by atoms with E-state index in [1.54, 1.807) is 35.3 Å². The molecule has 0 bridgehead atoms. The van der Waals surface area contributed by atoms with Gasteiger partial charge in [0, 0.05) is 30.8 Å². The molecule has 0 spiro atoms. The first-order valence-electron chi connectivity index (χ1n) is 9.05. The Morgan fingerprint density at radius 2 is 2.00 bits per heavy atom. The third-order valence-electron chi connectivity index (χ3n) is 5.04. The van der Waals surface area contributed by atoms with E-state index in [-0.39, 0.29) is 12.5 Å². The number of hydrogen-bond donors (Lipinski definition) is 0. The standard InChI is InChI=1S/C19H21N5O3S/c1-12-8-9-23(13-6-4-5-7-14(13)28-12)15(25)10-24-18(26)16-17(20-11-21(16)2)22(3)19(24)27/h4-7,11-12H,8-10H2,1-3H3. The molecule has 4 rings (SSSR count). The number of imidazole rings is 1. The van der Waals surface area contributed by atoms with Crippen LogP contribution in [0.3, 0.4) is 0 Å². The van der Waals surface area contributed by atoms with Crippen LogP contribution in [0.25, 0.3) is 11.2 Å². The fraction of sp³-hybridized carbons (Fsp3) is 0.368. The normalized spacial score (nSPS) is 16.8. The number of nitrogens with zero attached hydrogens (tertiary/aromatic N) is 5. The van der Waals surface area contributed by atoms with Gasteiger partial charge in [-0.3, -0.25) is 14.2 Å². The Hall–Kier alpha value is -2.81. The van der Waals surface area contributed by atoms with E-state index in [1.165, 1.54) is 10.9 Å². The molecule has 0 radical (unpaired) electrons. The van der Waals surface area contributed by atoms with E-state index < -0.39 is 11.2 Å². The second-order valence-corrected chi connectivity index (χ2v) is 8.47. The van der Waals surface area contributed by atoms with Gasteiger partial charge in [0.15, 0.2) is 11.2 Å². The molecule has 8 nitrogen and oxygen atoms in total. The summed E-state index contributed by atoms with van der Waals surface area (Å²) in [4.78, 5) is 45.6. The van der Waals surface area contributed by atoms with Gasteiger partial charge in [0.2, 0.25) is 5.91 Å². The quantitative estimate of drug-likeness (QED) is 0.650. The number of thioether (sulfide) groups is 1. The summed E-state index contributed by atoms with van der Waals surface area (Å²) in [6.45, 7) is 2.37. The number of aryl methyl sites for hydroxylation is 2. The van der Waals surface area contributed by atoms with Crippen molar-refractivity contribution in [3.8, 4) is 0 Å². The van der Waals surface area contributed by atoms with Crippen molar-refractivity contribution in [1.82, 2.24) is 18.7 Å². The lowest BCUT2D eigenvalue weighted by Gasteiger charge is -2.23. The molecule has 1 atom stereocenters. The molecule has 0 saturated heterocycles. The van der Waals surface area contributed by atoms with Crippen molar-refractivity contribution in [2.45, 2.75) is 30.0 Å². The van der Waals surface area contributed by atoms with Gasteiger partial charge in [0.1, 0.15) is 6.54 Å². The number of amides is 1. The summed E-state index contributed by atoms with van der Waals surface area (Å²) in [5.41, 5.74) is 0.392. The van der Waals surface area contributed by atoms with Gasteiger partial charge in [-0.2, -0.15) is 0 Å². The van der Waals surface area contributed by atoms with Crippen LogP contribution in [0, 0.1) is 0 Å². The zero-order chi connectivity index (χ0) is 20.0. The van der Waals surface area contributed by atoms with Gasteiger partial charge in [-0.15, -0.1) is 11.8 Å². The molecule has 1 aromatic carbocycles. The third-order valence-corrected chi connectivity index (χ3v) is 6.28. The van der Waals surface area contributed by atoms with Gasteiger partial charge in [-0.1, -0.05) is 19.1 Å². The number of hydrogen-bond acceptors (Lipinski definition) is 5. The summed E-state index contributed by atoms with van der Waals surface area (Å²) in [7, 11) is 3.24. The maximum absolute atomic E-state index is 13.2. The van der Waals surface area contributed by atoms with Crippen LogP contribution >= 0.6 is 11.8 Å². The van der Waals surface area contributed by atoms with Crippen LogP contribution in [-0.4, -0.2) is 36.4 Å². The van der Waals surface area contributed by atoms with Gasteiger partial charge in [0.25, 0.3) is 5.56 Å². The first-order valence-corrected chi connectivity index (χ1v) is 9.93. The van der Waals surface area contributed by atoms with Crippen molar-refractivity contribution in [3.05, 3.63) is 51.4 Å². The molecule has 1 amide bonds. The Balaban J connectivity index is 1.77. The minimum absolute atomic E-state index is 0.275. The third kappa shape index (κ3) is 2.95. The Labute approximate surface area is 165 Å². The summed E-state index contributed by atoms with van der Waals surface area (Å²) in [5, 5.41) is 0.375. The molecular formula is C19H21N5O3S. The predicted molar refractivity (Wildman–Crippen MR) is 109 cm³/mol. The van der Waals surface area contributed by atoms with E-state index in [0.29, 0.717) is 23.0 Å². The number of carbonyl (C=O) groups is 1. The zero-order valence-corrected chi connectivity index (χ0v) is 16.8. The molecule has 0 N–H and O–H groups in total. The molecule has 0 fully saturated rings. The molecule has 146 valence electrons. The predicted octanol–water partition coefficient (Wildman–Crippen LogP) is 1.35. The van der Waals surface area contributed by atoms with Gasteiger partial charge in [0.05, 0.1) is 12.0 Å². The van der Waals surface area contributed by atoms with Gasteiger partial charge in [-0.25, -0.2) is 14.3 Å². The highest BCUT2D eigenvalue weighted by Gasteiger charge is 2.26. The summed E-state index contributed by atoms with van der Waals surface area (Å²) in [6.07, 6.45) is 2.32. The van der Waals surface area contributed by atoms with Crippen LogP contribution in [0.1, 0.15) is 13.3 Å². The van der Waals surface area contributed by atoms with E-state index in [1.807, 2.05) is 24.3 Å². The second-order valence-electron chi connectivity index (χ2n) is 6.99. The molecule has 0 aliphatic carbocycles. The Bertz CT molecular complexity index is 1190. The first-order chi connectivity index (χ1) is 13.4. The van der Waals surface area contributed by atoms with Crippen LogP contribution in [0.5, 0.6) is 0 Å². The van der Waals surface area contributed by atoms with Crippen molar-refractivity contribution in [2.75, 3.05) is 11.4 Å². The maximum atomic E-state index is 13.2. The number of rotatable bonds is 2. The molecule has 1 aliphatic heterocycles. The van der Waals surface area contributed by atoms with Gasteiger partial charge >= 0.3 is 5.69 Å². The first kappa shape index (κ1) is 18.5. The Kier molecular flexibility index (Phi) is 4.62. The molecule has 1 unspecified atom stereocenters. The fourth-order valence-corrected chi connectivity index (χ4v) is 4.62. The number of aromatic nitrogens is 4. The summed E-state index contributed by atoms with van der Waals surface area (Å²) < 4.78 is 3.87. The minimum atomic E-state index is -0.546. The van der Waals surface area contributed by atoms with Crippen LogP contribution in [0.15, 0.2) is 45.1 Å². The van der Waals surface area contributed by atoms with E-state index in [9.17, 15) is 14.4 Å². The van der Waals surface area contributed by atoms with Crippen molar-refractivity contribution in [3.63, 3.8) is 0 Å². The number of anilines is 1. The van der Waals surface area contributed by atoms with Crippen LogP contribution < -0.4 is 16.1 Å². The van der Waals surface area contributed by atoms with Crippen LogP contribution in [0.4, 0.5) is 5.69 Å². The lowest BCUT2D eigenvalue weighted by molar-refractivity contribution is -0.119. The van der Waals surface area contributed by atoms with Crippen molar-refractivity contribution in [1.29, 1.82) is 0 Å². The van der Waals surface area contributed by atoms with Gasteiger partial charge < -0.3 is 9.47 Å². The lowest BCUT2D eigenvalue weighted by Crippen LogP contribution is -2.45. The van der Waals surface area contributed by atoms with Crippen LogP contribution in [-0.2, 0) is 25.4 Å². The average molecular weight is 399 g/mol. The number of fused-ring (bicyclic) bond motifs is 2. The Morgan fingerprint density at radius 1 is 1.25 bits per heavy atom. The van der Waals surface area contributed by atoms with Crippen molar-refractivity contribution < 1.29 is 4.79 Å². The number of para-hydroxylation sites is 1. The van der Waals surface area contributed by atoms with Crippen LogP contribution in [0.2, 0.25) is 0 Å². The van der Waals surface area contributed by atoms with Gasteiger partial charge in [-0.05, 0) is 18.6 Å². The molecular weight excluding hydrogens is 378 g/mol. The number of carbonyl (C=O) groups excluding carboxylic acids is 1. The maximum Gasteiger partial charge on any atom is 0.332 e. The zero-order valence-electron chi connectivity index (χ0n) is 16.0. The Morgan fingerprint density at radius 3 is 2.79 bits per heavy atom. The summed E-state index contributed by atoms with van der Waals surface area (Å²) in [5.74, 6) is -0.275. The largest absolute Gasteiger partial charge is 0.332 e. The summed E-state index contributed by atoms with van der Waals surface area (Å²) in [6, 6.07) is 7.74. The highest BCUT2D eigenvalue weighted by atomic mass is 32.2. The second kappa shape index (κ2) is 6.97. The van der Waals surface area contributed by atoms with Crippen molar-refractivity contribution in [2.24, 2.45) is 14.1 Å². The molecule has 0 saturated carbocycles. The monoisotopic (exact) mass is 399 g/mol. The minimum Gasteiger partial charge on any atom is -0.328 e. The molecule has 3 heterocycles. The highest BCUT2D eigenvalue weighted by molar-refractivity contribution is 8.00. The molecule has 2 aromatic heterocycles. The molecule has 9 heteroatoms. The molecule has 1 aliphatic rings.